The summed E-state index contributed by atoms with van der Waals surface area (Å²) in [6.07, 6.45) is 3.78. The number of rotatable bonds is 6. The summed E-state index contributed by atoms with van der Waals surface area (Å²) in [5.74, 6) is 1.21. The SMILES string of the molecule is Cc1cccc(-c2ccc(N3CCC(C(=O)NC4CCN(Cc5ccccc5)CC4)CC3)nn2)c1. The van der Waals surface area contributed by atoms with Gasteiger partial charge in [0.05, 0.1) is 5.69 Å². The molecule has 0 spiro atoms. The maximum absolute atomic E-state index is 12.9. The van der Waals surface area contributed by atoms with Crippen molar-refractivity contribution in [1.29, 1.82) is 0 Å². The number of hydrogen-bond acceptors (Lipinski definition) is 5. The molecule has 6 heteroatoms. The van der Waals surface area contributed by atoms with E-state index in [0.29, 0.717) is 6.04 Å². The van der Waals surface area contributed by atoms with E-state index in [1.54, 1.807) is 0 Å². The van der Waals surface area contributed by atoms with Crippen molar-refractivity contribution in [2.75, 3.05) is 31.1 Å². The quantitative estimate of drug-likeness (QED) is 0.578. The molecule has 2 aliphatic heterocycles. The zero-order chi connectivity index (χ0) is 24.0. The van der Waals surface area contributed by atoms with Gasteiger partial charge in [-0.05, 0) is 56.4 Å². The van der Waals surface area contributed by atoms with Gasteiger partial charge in [0.15, 0.2) is 5.82 Å². The molecule has 1 amide bonds. The van der Waals surface area contributed by atoms with Crippen LogP contribution in [0.2, 0.25) is 0 Å². The van der Waals surface area contributed by atoms with Crippen LogP contribution in [0, 0.1) is 12.8 Å². The van der Waals surface area contributed by atoms with Crippen LogP contribution in [0.25, 0.3) is 11.3 Å². The Morgan fingerprint density at radius 3 is 2.34 bits per heavy atom. The van der Waals surface area contributed by atoms with Gasteiger partial charge in [-0.2, -0.15) is 0 Å². The van der Waals surface area contributed by atoms with Crippen LogP contribution < -0.4 is 10.2 Å². The van der Waals surface area contributed by atoms with Gasteiger partial charge in [-0.3, -0.25) is 9.69 Å². The van der Waals surface area contributed by atoms with E-state index < -0.39 is 0 Å². The molecule has 2 aliphatic rings. The standard InChI is InChI=1S/C29H35N5O/c1-22-6-5-9-25(20-22)27-10-11-28(32-31-27)34-18-12-24(13-19-34)29(35)30-26-14-16-33(17-15-26)21-23-7-3-2-4-8-23/h2-11,20,24,26H,12-19,21H2,1H3,(H,30,35). The number of carbonyl (C=O) groups excluding carboxylic acids is 1. The van der Waals surface area contributed by atoms with Crippen LogP contribution in [0.4, 0.5) is 5.82 Å². The highest BCUT2D eigenvalue weighted by Gasteiger charge is 2.28. The van der Waals surface area contributed by atoms with Crippen LogP contribution in [0.3, 0.4) is 0 Å². The molecule has 6 nitrogen and oxygen atoms in total. The second-order valence-corrected chi connectivity index (χ2v) is 9.95. The largest absolute Gasteiger partial charge is 0.355 e. The van der Waals surface area contributed by atoms with Crippen molar-refractivity contribution in [2.24, 2.45) is 5.92 Å². The summed E-state index contributed by atoms with van der Waals surface area (Å²) in [4.78, 5) is 17.7. The van der Waals surface area contributed by atoms with Gasteiger partial charge in [0, 0.05) is 50.2 Å². The summed E-state index contributed by atoms with van der Waals surface area (Å²) in [5, 5.41) is 12.3. The minimum atomic E-state index is 0.0909. The van der Waals surface area contributed by atoms with Crippen molar-refractivity contribution in [2.45, 2.75) is 45.2 Å². The molecular formula is C29H35N5O. The van der Waals surface area contributed by atoms with Crippen LogP contribution in [-0.2, 0) is 11.3 Å². The minimum Gasteiger partial charge on any atom is -0.355 e. The van der Waals surface area contributed by atoms with Gasteiger partial charge in [-0.25, -0.2) is 0 Å². The lowest BCUT2D eigenvalue weighted by molar-refractivity contribution is -0.126. The lowest BCUT2D eigenvalue weighted by atomic mass is 9.94. The third-order valence-electron chi connectivity index (χ3n) is 7.34. The Balaban J connectivity index is 1.06. The average molecular weight is 470 g/mol. The predicted molar refractivity (Wildman–Crippen MR) is 140 cm³/mol. The maximum Gasteiger partial charge on any atom is 0.223 e. The third kappa shape index (κ3) is 6.06. The number of likely N-dealkylation sites (tertiary alicyclic amines) is 1. The Hall–Kier alpha value is -3.25. The number of amides is 1. The molecule has 0 unspecified atom stereocenters. The Bertz CT molecular complexity index is 1100. The Morgan fingerprint density at radius 1 is 0.886 bits per heavy atom. The van der Waals surface area contributed by atoms with Crippen molar-refractivity contribution in [3.05, 3.63) is 77.9 Å². The van der Waals surface area contributed by atoms with Gasteiger partial charge in [0.1, 0.15) is 0 Å². The first kappa shape index (κ1) is 23.5. The second kappa shape index (κ2) is 11.0. The van der Waals surface area contributed by atoms with Crippen molar-refractivity contribution < 1.29 is 4.79 Å². The van der Waals surface area contributed by atoms with Gasteiger partial charge in [-0.1, -0.05) is 54.1 Å². The van der Waals surface area contributed by atoms with Crippen LogP contribution in [0.5, 0.6) is 0 Å². The lowest BCUT2D eigenvalue weighted by Gasteiger charge is -2.35. The van der Waals surface area contributed by atoms with Gasteiger partial charge in [0.2, 0.25) is 5.91 Å². The molecule has 182 valence electrons. The van der Waals surface area contributed by atoms with E-state index in [1.165, 1.54) is 11.1 Å². The molecule has 0 saturated carbocycles. The zero-order valence-corrected chi connectivity index (χ0v) is 20.6. The minimum absolute atomic E-state index is 0.0909. The van der Waals surface area contributed by atoms with E-state index in [9.17, 15) is 4.79 Å². The Morgan fingerprint density at radius 2 is 1.66 bits per heavy atom. The van der Waals surface area contributed by atoms with E-state index >= 15 is 0 Å². The third-order valence-corrected chi connectivity index (χ3v) is 7.34. The van der Waals surface area contributed by atoms with E-state index in [4.69, 9.17) is 0 Å². The normalized spacial score (nSPS) is 17.9. The van der Waals surface area contributed by atoms with Crippen molar-refractivity contribution >= 4 is 11.7 Å². The molecule has 0 radical (unpaired) electrons. The smallest absolute Gasteiger partial charge is 0.223 e. The van der Waals surface area contributed by atoms with Crippen LogP contribution in [0.1, 0.15) is 36.8 Å². The monoisotopic (exact) mass is 469 g/mol. The summed E-state index contributed by atoms with van der Waals surface area (Å²) in [7, 11) is 0. The predicted octanol–water partition coefficient (Wildman–Crippen LogP) is 4.45. The molecule has 3 heterocycles. The highest BCUT2D eigenvalue weighted by atomic mass is 16.2. The van der Waals surface area contributed by atoms with Crippen LogP contribution >= 0.6 is 0 Å². The van der Waals surface area contributed by atoms with E-state index in [-0.39, 0.29) is 11.8 Å². The molecule has 2 aromatic carbocycles. The highest BCUT2D eigenvalue weighted by molar-refractivity contribution is 5.79. The van der Waals surface area contributed by atoms with Gasteiger partial charge >= 0.3 is 0 Å². The second-order valence-electron chi connectivity index (χ2n) is 9.95. The Kier molecular flexibility index (Phi) is 7.38. The first-order valence-electron chi connectivity index (χ1n) is 12.9. The lowest BCUT2D eigenvalue weighted by Crippen LogP contribution is -2.48. The molecule has 3 aromatic rings. The molecule has 0 bridgehead atoms. The molecule has 35 heavy (non-hydrogen) atoms. The molecule has 2 saturated heterocycles. The fraction of sp³-hybridized carbons (Fsp3) is 0.414. The molecule has 5 rings (SSSR count). The summed E-state index contributed by atoms with van der Waals surface area (Å²) in [6, 6.07) is 23.3. The molecule has 0 aliphatic carbocycles. The highest BCUT2D eigenvalue weighted by Crippen LogP contribution is 2.24. The number of carbonyl (C=O) groups is 1. The average Bonchev–Trinajstić information content (AvgIpc) is 2.91. The molecule has 2 fully saturated rings. The van der Waals surface area contributed by atoms with Gasteiger partial charge < -0.3 is 10.2 Å². The van der Waals surface area contributed by atoms with Gasteiger partial charge in [0.25, 0.3) is 0 Å². The summed E-state index contributed by atoms with van der Waals surface area (Å²) in [6.45, 7) is 6.83. The maximum atomic E-state index is 12.9. The van der Waals surface area contributed by atoms with E-state index in [1.807, 2.05) is 18.2 Å². The number of nitrogens with zero attached hydrogens (tertiary/aromatic N) is 4. The van der Waals surface area contributed by atoms with Gasteiger partial charge in [-0.15, -0.1) is 10.2 Å². The summed E-state index contributed by atoms with van der Waals surface area (Å²) >= 11 is 0. The first-order valence-corrected chi connectivity index (χ1v) is 12.9. The topological polar surface area (TPSA) is 61.4 Å². The summed E-state index contributed by atoms with van der Waals surface area (Å²) in [5.41, 5.74) is 4.55. The number of aryl methyl sites for hydroxylation is 1. The first-order chi connectivity index (χ1) is 17.1. The van der Waals surface area contributed by atoms with E-state index in [2.05, 4.69) is 80.8 Å². The number of aromatic nitrogens is 2. The molecule has 1 aromatic heterocycles. The molecule has 1 N–H and O–H groups in total. The number of benzene rings is 2. The summed E-state index contributed by atoms with van der Waals surface area (Å²) < 4.78 is 0. The van der Waals surface area contributed by atoms with Crippen molar-refractivity contribution in [3.63, 3.8) is 0 Å². The van der Waals surface area contributed by atoms with E-state index in [0.717, 1.165) is 75.5 Å². The zero-order valence-electron chi connectivity index (χ0n) is 20.6. The van der Waals surface area contributed by atoms with Crippen LogP contribution in [0.15, 0.2) is 66.7 Å². The fourth-order valence-corrected chi connectivity index (χ4v) is 5.22. The number of hydrogen-bond donors (Lipinski definition) is 1. The van der Waals surface area contributed by atoms with Crippen molar-refractivity contribution in [1.82, 2.24) is 20.4 Å². The Labute approximate surface area is 208 Å². The molecule has 0 atom stereocenters. The number of anilines is 1. The number of piperidine rings is 2. The number of nitrogens with one attached hydrogen (secondary N) is 1. The fourth-order valence-electron chi connectivity index (χ4n) is 5.22. The van der Waals surface area contributed by atoms with Crippen LogP contribution in [-0.4, -0.2) is 53.2 Å². The van der Waals surface area contributed by atoms with Crippen molar-refractivity contribution in [3.8, 4) is 11.3 Å². The molecular weight excluding hydrogens is 434 g/mol.